The molecule has 2 N–H and O–H groups in total. The van der Waals surface area contributed by atoms with Gasteiger partial charge in [0.05, 0.1) is 5.39 Å². The Morgan fingerprint density at radius 1 is 1.47 bits per heavy atom. The Hall–Kier alpha value is -1.20. The van der Waals surface area contributed by atoms with E-state index in [1.165, 1.54) is 4.88 Å². The van der Waals surface area contributed by atoms with E-state index in [1.54, 1.807) is 11.3 Å². The zero-order valence-corrected chi connectivity index (χ0v) is 10.8. The maximum atomic E-state index is 6.00. The van der Waals surface area contributed by atoms with Crippen LogP contribution in [0.3, 0.4) is 0 Å². The minimum atomic E-state index is -0.361. The van der Waals surface area contributed by atoms with Gasteiger partial charge in [-0.25, -0.2) is 9.97 Å². The lowest BCUT2D eigenvalue weighted by molar-refractivity contribution is 0.00977. The van der Waals surface area contributed by atoms with Crippen LogP contribution in [0.1, 0.15) is 30.5 Å². The topological polar surface area (TPSA) is 61.0 Å². The van der Waals surface area contributed by atoms with E-state index < -0.39 is 0 Å². The molecule has 90 valence electrons. The largest absolute Gasteiger partial charge is 0.383 e. The Balaban J connectivity index is 2.17. The molecule has 1 atom stereocenters. The molecule has 1 saturated heterocycles. The summed E-state index contributed by atoms with van der Waals surface area (Å²) in [5.74, 6) is 1.29. The van der Waals surface area contributed by atoms with Crippen molar-refractivity contribution >= 4 is 27.4 Å². The van der Waals surface area contributed by atoms with Gasteiger partial charge in [-0.1, -0.05) is 0 Å². The molecule has 0 aromatic carbocycles. The number of rotatable bonds is 1. The molecule has 2 aromatic rings. The fourth-order valence-electron chi connectivity index (χ4n) is 2.26. The van der Waals surface area contributed by atoms with Gasteiger partial charge >= 0.3 is 0 Å². The van der Waals surface area contributed by atoms with Crippen LogP contribution in [-0.2, 0) is 10.3 Å². The number of nitrogen functional groups attached to an aromatic ring is 1. The number of aromatic nitrogens is 2. The quantitative estimate of drug-likeness (QED) is 0.844. The van der Waals surface area contributed by atoms with Gasteiger partial charge in [-0.3, -0.25) is 0 Å². The predicted molar refractivity (Wildman–Crippen MR) is 69.1 cm³/mol. The fourth-order valence-corrected chi connectivity index (χ4v) is 3.14. The van der Waals surface area contributed by atoms with Crippen molar-refractivity contribution in [2.24, 2.45) is 0 Å². The lowest BCUT2D eigenvalue weighted by Crippen LogP contribution is -2.23. The summed E-state index contributed by atoms with van der Waals surface area (Å²) in [6.07, 6.45) is 2.02. The van der Waals surface area contributed by atoms with Gasteiger partial charge in [0.1, 0.15) is 16.2 Å². The van der Waals surface area contributed by atoms with Crippen molar-refractivity contribution in [3.63, 3.8) is 0 Å². The van der Waals surface area contributed by atoms with Crippen LogP contribution in [-0.4, -0.2) is 16.6 Å². The summed E-state index contributed by atoms with van der Waals surface area (Å²) in [6.45, 7) is 4.88. The lowest BCUT2D eigenvalue weighted by Gasteiger charge is -2.21. The first-order valence-corrected chi connectivity index (χ1v) is 6.58. The van der Waals surface area contributed by atoms with Crippen molar-refractivity contribution in [1.82, 2.24) is 9.97 Å². The van der Waals surface area contributed by atoms with Gasteiger partial charge in [0.25, 0.3) is 0 Å². The molecular formula is C12H15N3OS. The number of nitrogens with zero attached hydrogens (tertiary/aromatic N) is 2. The van der Waals surface area contributed by atoms with Gasteiger partial charge in [0.2, 0.25) is 0 Å². The molecule has 0 aliphatic carbocycles. The van der Waals surface area contributed by atoms with E-state index in [1.807, 2.05) is 13.0 Å². The van der Waals surface area contributed by atoms with Crippen molar-refractivity contribution in [3.05, 3.63) is 16.8 Å². The van der Waals surface area contributed by atoms with Gasteiger partial charge in [0, 0.05) is 11.5 Å². The first-order valence-electron chi connectivity index (χ1n) is 5.77. The van der Waals surface area contributed by atoms with Gasteiger partial charge in [-0.2, -0.15) is 0 Å². The van der Waals surface area contributed by atoms with Crippen LogP contribution < -0.4 is 5.73 Å². The molecule has 5 heteroatoms. The maximum Gasteiger partial charge on any atom is 0.163 e. The summed E-state index contributed by atoms with van der Waals surface area (Å²) in [5, 5.41) is 0.956. The molecule has 17 heavy (non-hydrogen) atoms. The highest BCUT2D eigenvalue weighted by Gasteiger charge is 2.35. The van der Waals surface area contributed by atoms with Gasteiger partial charge in [0.15, 0.2) is 5.82 Å². The molecule has 0 amide bonds. The third-order valence-corrected chi connectivity index (χ3v) is 4.18. The standard InChI is InChI=1S/C12H15N3OS/c1-7-6-8-9(13)14-11(15-10(8)17-7)12(2)4-3-5-16-12/h6H,3-5H2,1-2H3,(H2,13,14,15). The summed E-state index contributed by atoms with van der Waals surface area (Å²) in [7, 11) is 0. The monoisotopic (exact) mass is 249 g/mol. The van der Waals surface area contributed by atoms with E-state index in [0.717, 1.165) is 35.5 Å². The van der Waals surface area contributed by atoms with Crippen LogP contribution in [0.15, 0.2) is 6.07 Å². The number of aryl methyl sites for hydroxylation is 1. The Morgan fingerprint density at radius 3 is 3.00 bits per heavy atom. The average molecular weight is 249 g/mol. The van der Waals surface area contributed by atoms with Gasteiger partial charge < -0.3 is 10.5 Å². The average Bonchev–Trinajstić information content (AvgIpc) is 2.85. The molecule has 3 rings (SSSR count). The Bertz CT molecular complexity index is 572. The Labute approximate surface area is 104 Å². The molecule has 3 heterocycles. The highest BCUT2D eigenvalue weighted by Crippen LogP contribution is 2.36. The van der Waals surface area contributed by atoms with Gasteiger partial charge in [-0.15, -0.1) is 11.3 Å². The SMILES string of the molecule is Cc1cc2c(N)nc(C3(C)CCCO3)nc2s1. The molecule has 1 unspecified atom stereocenters. The van der Waals surface area contributed by atoms with Crippen molar-refractivity contribution < 1.29 is 4.74 Å². The molecule has 4 nitrogen and oxygen atoms in total. The first-order chi connectivity index (χ1) is 8.08. The van der Waals surface area contributed by atoms with Crippen molar-refractivity contribution in [2.45, 2.75) is 32.3 Å². The molecule has 1 aliphatic heterocycles. The van der Waals surface area contributed by atoms with E-state index >= 15 is 0 Å². The summed E-state index contributed by atoms with van der Waals surface area (Å²) in [4.78, 5) is 11.2. The van der Waals surface area contributed by atoms with E-state index in [4.69, 9.17) is 10.5 Å². The summed E-state index contributed by atoms with van der Waals surface area (Å²) in [5.41, 5.74) is 5.64. The second kappa shape index (κ2) is 3.65. The van der Waals surface area contributed by atoms with E-state index in [9.17, 15) is 0 Å². The number of ether oxygens (including phenoxy) is 1. The van der Waals surface area contributed by atoms with Crippen molar-refractivity contribution in [1.29, 1.82) is 0 Å². The van der Waals surface area contributed by atoms with Gasteiger partial charge in [-0.05, 0) is 32.8 Å². The van der Waals surface area contributed by atoms with E-state index in [0.29, 0.717) is 5.82 Å². The zero-order valence-electron chi connectivity index (χ0n) is 9.99. The fraction of sp³-hybridized carbons (Fsp3) is 0.500. The third kappa shape index (κ3) is 1.70. The maximum absolute atomic E-state index is 6.00. The van der Waals surface area contributed by atoms with Crippen LogP contribution in [0.5, 0.6) is 0 Å². The summed E-state index contributed by atoms with van der Waals surface area (Å²) < 4.78 is 5.76. The normalized spacial score (nSPS) is 24.6. The third-order valence-electron chi connectivity index (χ3n) is 3.24. The van der Waals surface area contributed by atoms with Crippen LogP contribution in [0, 0.1) is 6.92 Å². The number of fused-ring (bicyclic) bond motifs is 1. The molecule has 1 aliphatic rings. The molecule has 1 fully saturated rings. The van der Waals surface area contributed by atoms with Crippen LogP contribution in [0.25, 0.3) is 10.2 Å². The van der Waals surface area contributed by atoms with Crippen LogP contribution in [0.4, 0.5) is 5.82 Å². The Kier molecular flexibility index (Phi) is 2.34. The van der Waals surface area contributed by atoms with E-state index in [-0.39, 0.29) is 5.60 Å². The molecular weight excluding hydrogens is 234 g/mol. The smallest absolute Gasteiger partial charge is 0.163 e. The van der Waals surface area contributed by atoms with Crippen LogP contribution in [0.2, 0.25) is 0 Å². The summed E-state index contributed by atoms with van der Waals surface area (Å²) >= 11 is 1.65. The Morgan fingerprint density at radius 2 is 2.29 bits per heavy atom. The second-order valence-corrected chi connectivity index (χ2v) is 5.93. The minimum Gasteiger partial charge on any atom is -0.383 e. The highest BCUT2D eigenvalue weighted by molar-refractivity contribution is 7.18. The lowest BCUT2D eigenvalue weighted by atomic mass is 10.0. The predicted octanol–water partition coefficient (Wildman–Crippen LogP) is 2.61. The first kappa shape index (κ1) is 10.9. The molecule has 0 bridgehead atoms. The van der Waals surface area contributed by atoms with Crippen LogP contribution >= 0.6 is 11.3 Å². The zero-order chi connectivity index (χ0) is 12.0. The van der Waals surface area contributed by atoms with Crippen molar-refractivity contribution in [3.8, 4) is 0 Å². The number of hydrogen-bond acceptors (Lipinski definition) is 5. The molecule has 2 aromatic heterocycles. The van der Waals surface area contributed by atoms with E-state index in [2.05, 4.69) is 16.9 Å². The highest BCUT2D eigenvalue weighted by atomic mass is 32.1. The molecule has 0 radical (unpaired) electrons. The summed E-state index contributed by atoms with van der Waals surface area (Å²) in [6, 6.07) is 2.04. The van der Waals surface area contributed by atoms with Crippen molar-refractivity contribution in [2.75, 3.05) is 12.3 Å². The number of nitrogens with two attached hydrogens (primary N) is 1. The number of thiophene rings is 1. The molecule has 0 spiro atoms. The second-order valence-electron chi connectivity index (χ2n) is 4.69. The minimum absolute atomic E-state index is 0.361. The number of anilines is 1. The molecule has 0 saturated carbocycles. The number of hydrogen-bond donors (Lipinski definition) is 1.